The van der Waals surface area contributed by atoms with Gasteiger partial charge in [0.15, 0.2) is 5.43 Å². The van der Waals surface area contributed by atoms with Crippen LogP contribution in [0.2, 0.25) is 5.02 Å². The van der Waals surface area contributed by atoms with Crippen molar-refractivity contribution in [3.63, 3.8) is 0 Å². The van der Waals surface area contributed by atoms with Gasteiger partial charge in [-0.25, -0.2) is 0 Å². The van der Waals surface area contributed by atoms with Crippen LogP contribution in [-0.2, 0) is 0 Å². The molecule has 1 aromatic heterocycles. The number of halogens is 1. The maximum Gasteiger partial charge on any atom is 0.295 e. The van der Waals surface area contributed by atoms with E-state index in [1.807, 2.05) is 43.3 Å². The summed E-state index contributed by atoms with van der Waals surface area (Å²) in [6.07, 6.45) is 1.67. The second-order valence-corrected chi connectivity index (χ2v) is 8.26. The molecule has 1 unspecified atom stereocenters. The molecule has 5 nitrogen and oxygen atoms in total. The molecule has 0 bridgehead atoms. The van der Waals surface area contributed by atoms with Crippen molar-refractivity contribution in [2.24, 2.45) is 0 Å². The van der Waals surface area contributed by atoms with Crippen molar-refractivity contribution in [1.29, 1.82) is 0 Å². The van der Waals surface area contributed by atoms with E-state index in [2.05, 4.69) is 6.58 Å². The average Bonchev–Trinajstić information content (AvgIpc) is 3.12. The molecule has 1 aliphatic heterocycles. The Labute approximate surface area is 195 Å². The lowest BCUT2D eigenvalue weighted by Gasteiger charge is -2.25. The van der Waals surface area contributed by atoms with Crippen molar-refractivity contribution >= 4 is 34.2 Å². The summed E-state index contributed by atoms with van der Waals surface area (Å²) in [5.74, 6) is 0.329. The summed E-state index contributed by atoms with van der Waals surface area (Å²) in [7, 11) is 0. The molecule has 0 saturated heterocycles. The lowest BCUT2D eigenvalue weighted by atomic mass is 9.98. The minimum absolute atomic E-state index is 0.0485. The van der Waals surface area contributed by atoms with E-state index in [0.717, 1.165) is 11.1 Å². The predicted octanol–water partition coefficient (Wildman–Crippen LogP) is 6.07. The van der Waals surface area contributed by atoms with Crippen LogP contribution in [0, 0.1) is 6.92 Å². The Kier molecular flexibility index (Phi) is 5.27. The van der Waals surface area contributed by atoms with Gasteiger partial charge in [0.2, 0.25) is 5.76 Å². The molecule has 33 heavy (non-hydrogen) atoms. The third kappa shape index (κ3) is 3.51. The predicted molar refractivity (Wildman–Crippen MR) is 129 cm³/mol. The van der Waals surface area contributed by atoms with Crippen molar-refractivity contribution < 1.29 is 13.9 Å². The van der Waals surface area contributed by atoms with Crippen LogP contribution in [0.25, 0.3) is 11.0 Å². The van der Waals surface area contributed by atoms with Crippen molar-refractivity contribution in [3.05, 3.63) is 117 Å². The van der Waals surface area contributed by atoms with Crippen LogP contribution in [0.4, 0.5) is 5.69 Å². The Morgan fingerprint density at radius 1 is 1.09 bits per heavy atom. The topological polar surface area (TPSA) is 59.8 Å². The van der Waals surface area contributed by atoms with Gasteiger partial charge in [-0.2, -0.15) is 0 Å². The van der Waals surface area contributed by atoms with Gasteiger partial charge in [0.25, 0.3) is 5.91 Å². The molecule has 5 rings (SSSR count). The Morgan fingerprint density at radius 3 is 2.58 bits per heavy atom. The fraction of sp³-hybridized carbons (Fsp3) is 0.111. The van der Waals surface area contributed by atoms with Gasteiger partial charge in [0.1, 0.15) is 17.9 Å². The number of hydrogen-bond donors (Lipinski definition) is 0. The number of ether oxygens (including phenoxy) is 1. The number of amides is 1. The first-order chi connectivity index (χ1) is 16.0. The molecule has 2 heterocycles. The zero-order chi connectivity index (χ0) is 23.1. The minimum Gasteiger partial charge on any atom is -0.490 e. The van der Waals surface area contributed by atoms with Crippen molar-refractivity contribution in [2.45, 2.75) is 13.0 Å². The third-order valence-electron chi connectivity index (χ3n) is 5.77. The summed E-state index contributed by atoms with van der Waals surface area (Å²) in [5, 5.41) is 0.969. The van der Waals surface area contributed by atoms with Crippen LogP contribution in [0.15, 0.2) is 88.6 Å². The molecule has 0 N–H and O–H groups in total. The SMILES string of the molecule is C=CCOc1ccc(C2c3c(oc4ccccc4c3=O)C(=O)N2c2ccc(C)c(Cl)c2)cc1. The number of carbonyl (C=O) groups is 1. The molecule has 0 aliphatic carbocycles. The average molecular weight is 458 g/mol. The number of benzene rings is 3. The molecule has 0 spiro atoms. The number of nitrogens with zero attached hydrogens (tertiary/aromatic N) is 1. The van der Waals surface area contributed by atoms with E-state index in [-0.39, 0.29) is 17.1 Å². The Bertz CT molecular complexity index is 1460. The van der Waals surface area contributed by atoms with Gasteiger partial charge in [-0.3, -0.25) is 14.5 Å². The number of carbonyl (C=O) groups excluding carboxylic acids is 1. The molecule has 0 radical (unpaired) electrons. The van der Waals surface area contributed by atoms with E-state index in [0.29, 0.717) is 39.6 Å². The molecular weight excluding hydrogens is 438 g/mol. The molecule has 164 valence electrons. The first kappa shape index (κ1) is 21.0. The Morgan fingerprint density at radius 2 is 1.85 bits per heavy atom. The number of rotatable bonds is 5. The van der Waals surface area contributed by atoms with Gasteiger partial charge in [-0.05, 0) is 54.4 Å². The Balaban J connectivity index is 1.72. The fourth-order valence-electron chi connectivity index (χ4n) is 4.13. The van der Waals surface area contributed by atoms with Gasteiger partial charge in [-0.1, -0.05) is 54.6 Å². The highest BCUT2D eigenvalue weighted by molar-refractivity contribution is 6.31. The second kappa shape index (κ2) is 8.26. The molecule has 1 atom stereocenters. The van der Waals surface area contributed by atoms with Crippen LogP contribution in [0.5, 0.6) is 5.75 Å². The van der Waals surface area contributed by atoms with Gasteiger partial charge in [0, 0.05) is 10.7 Å². The van der Waals surface area contributed by atoms with E-state index >= 15 is 0 Å². The number of fused-ring (bicyclic) bond motifs is 2. The van der Waals surface area contributed by atoms with E-state index in [9.17, 15) is 9.59 Å². The van der Waals surface area contributed by atoms with Crippen molar-refractivity contribution in [1.82, 2.24) is 0 Å². The number of para-hydroxylation sites is 1. The minimum atomic E-state index is -0.666. The Hall–Kier alpha value is -3.83. The normalized spacial score (nSPS) is 15.0. The summed E-state index contributed by atoms with van der Waals surface area (Å²) in [5.41, 5.74) is 2.71. The summed E-state index contributed by atoms with van der Waals surface area (Å²) in [6.45, 7) is 5.93. The lowest BCUT2D eigenvalue weighted by molar-refractivity contribution is 0.0971. The van der Waals surface area contributed by atoms with Crippen LogP contribution < -0.4 is 15.1 Å². The molecule has 1 aliphatic rings. The quantitative estimate of drug-likeness (QED) is 0.341. The van der Waals surface area contributed by atoms with Crippen LogP contribution in [0.1, 0.15) is 33.3 Å². The van der Waals surface area contributed by atoms with Crippen LogP contribution in [0.3, 0.4) is 0 Å². The van der Waals surface area contributed by atoms with Crippen molar-refractivity contribution in [2.75, 3.05) is 11.5 Å². The maximum absolute atomic E-state index is 13.6. The van der Waals surface area contributed by atoms with Gasteiger partial charge in [0.05, 0.1) is 17.0 Å². The highest BCUT2D eigenvalue weighted by Crippen LogP contribution is 2.42. The number of hydrogen-bond acceptors (Lipinski definition) is 4. The molecule has 1 amide bonds. The third-order valence-corrected chi connectivity index (χ3v) is 6.18. The van der Waals surface area contributed by atoms with E-state index in [4.69, 9.17) is 20.8 Å². The van der Waals surface area contributed by atoms with E-state index in [1.54, 1.807) is 41.3 Å². The largest absolute Gasteiger partial charge is 0.490 e. The van der Waals surface area contributed by atoms with Gasteiger partial charge >= 0.3 is 0 Å². The van der Waals surface area contributed by atoms with Crippen LogP contribution in [-0.4, -0.2) is 12.5 Å². The molecule has 6 heteroatoms. The zero-order valence-electron chi connectivity index (χ0n) is 17.9. The number of aryl methyl sites for hydroxylation is 1. The summed E-state index contributed by atoms with van der Waals surface area (Å²) < 4.78 is 11.6. The zero-order valence-corrected chi connectivity index (χ0v) is 18.6. The van der Waals surface area contributed by atoms with E-state index < -0.39 is 6.04 Å². The highest BCUT2D eigenvalue weighted by Gasteiger charge is 2.43. The highest BCUT2D eigenvalue weighted by atomic mass is 35.5. The van der Waals surface area contributed by atoms with Gasteiger partial charge in [-0.15, -0.1) is 0 Å². The maximum atomic E-state index is 13.6. The smallest absolute Gasteiger partial charge is 0.295 e. The first-order valence-electron chi connectivity index (χ1n) is 10.5. The molecule has 0 saturated carbocycles. The first-order valence-corrected chi connectivity index (χ1v) is 10.9. The monoisotopic (exact) mass is 457 g/mol. The van der Waals surface area contributed by atoms with Gasteiger partial charge < -0.3 is 9.15 Å². The molecule has 3 aromatic carbocycles. The van der Waals surface area contributed by atoms with Crippen LogP contribution >= 0.6 is 11.6 Å². The summed E-state index contributed by atoms with van der Waals surface area (Å²) in [4.78, 5) is 28.7. The lowest BCUT2D eigenvalue weighted by Crippen LogP contribution is -2.29. The van der Waals surface area contributed by atoms with Crippen molar-refractivity contribution in [3.8, 4) is 5.75 Å². The standard InChI is InChI=1S/C27H20ClNO4/c1-3-14-32-19-12-9-17(10-13-19)24-23-25(30)20-6-4-5-7-22(20)33-26(23)27(31)29(24)18-11-8-16(2)21(28)15-18/h3-13,15,24H,1,14H2,2H3. The summed E-state index contributed by atoms with van der Waals surface area (Å²) in [6, 6.07) is 19.0. The second-order valence-electron chi connectivity index (χ2n) is 7.85. The number of anilines is 1. The molecular formula is C27H20ClNO4. The molecule has 0 fully saturated rings. The summed E-state index contributed by atoms with van der Waals surface area (Å²) >= 11 is 6.38. The molecule has 4 aromatic rings. The fourth-order valence-corrected chi connectivity index (χ4v) is 4.31. The van der Waals surface area contributed by atoms with E-state index in [1.165, 1.54) is 0 Å².